The topological polar surface area (TPSA) is 26.3 Å². The minimum atomic E-state index is -0.256. The van der Waals surface area contributed by atoms with Gasteiger partial charge in [-0.25, -0.2) is 0 Å². The molecule has 2 aromatic carbocycles. The van der Waals surface area contributed by atoms with Gasteiger partial charge in [0.1, 0.15) is 5.75 Å². The maximum atomic E-state index is 12.4. The largest absolute Gasteiger partial charge is 0.495 e. The number of carbonyl (C=O) groups is 1. The lowest BCUT2D eigenvalue weighted by Gasteiger charge is -2.09. The highest BCUT2D eigenvalue weighted by Crippen LogP contribution is 2.33. The second-order valence-corrected chi connectivity index (χ2v) is 6.00. The Morgan fingerprint density at radius 1 is 1.05 bits per heavy atom. The van der Waals surface area contributed by atoms with Gasteiger partial charge in [-0.1, -0.05) is 34.8 Å². The van der Waals surface area contributed by atoms with Crippen molar-refractivity contribution in [1.29, 1.82) is 0 Å². The van der Waals surface area contributed by atoms with E-state index in [-0.39, 0.29) is 10.8 Å². The van der Waals surface area contributed by atoms with Crippen LogP contribution in [0.2, 0.25) is 15.1 Å². The summed E-state index contributed by atoms with van der Waals surface area (Å²) in [6, 6.07) is 7.93. The van der Waals surface area contributed by atoms with E-state index in [1.807, 2.05) is 0 Å². The van der Waals surface area contributed by atoms with Crippen LogP contribution in [-0.4, -0.2) is 12.9 Å². The number of ether oxygens (including phenoxy) is 1. The predicted molar refractivity (Wildman–Crippen MR) is 85.6 cm³/mol. The molecule has 0 saturated carbocycles. The van der Waals surface area contributed by atoms with Crippen LogP contribution in [0.1, 0.15) is 15.9 Å². The second-order valence-electron chi connectivity index (χ2n) is 3.92. The highest BCUT2D eigenvalue weighted by Gasteiger charge is 2.17. The van der Waals surface area contributed by atoms with Crippen LogP contribution in [0.3, 0.4) is 0 Å². The molecule has 0 saturated heterocycles. The van der Waals surface area contributed by atoms with Crippen molar-refractivity contribution in [3.63, 3.8) is 0 Å². The Labute approximate surface area is 139 Å². The average Bonchev–Trinajstić information content (AvgIpc) is 2.43. The average molecular weight is 394 g/mol. The Morgan fingerprint density at radius 3 is 2.35 bits per heavy atom. The maximum Gasteiger partial charge on any atom is 0.194 e. The lowest BCUT2D eigenvalue weighted by molar-refractivity contribution is 0.103. The van der Waals surface area contributed by atoms with Gasteiger partial charge in [-0.2, -0.15) is 0 Å². The van der Waals surface area contributed by atoms with E-state index in [1.165, 1.54) is 19.2 Å². The van der Waals surface area contributed by atoms with Gasteiger partial charge in [0.05, 0.1) is 22.2 Å². The Morgan fingerprint density at radius 2 is 1.75 bits per heavy atom. The first kappa shape index (κ1) is 15.6. The lowest BCUT2D eigenvalue weighted by atomic mass is 10.0. The van der Waals surface area contributed by atoms with Crippen LogP contribution in [0, 0.1) is 0 Å². The minimum Gasteiger partial charge on any atom is -0.495 e. The molecule has 0 fully saturated rings. The Hall–Kier alpha value is -0.740. The summed E-state index contributed by atoms with van der Waals surface area (Å²) < 4.78 is 5.76. The van der Waals surface area contributed by atoms with Crippen molar-refractivity contribution in [3.8, 4) is 5.75 Å². The van der Waals surface area contributed by atoms with Gasteiger partial charge in [0.2, 0.25) is 0 Å². The van der Waals surface area contributed by atoms with E-state index < -0.39 is 0 Å². The van der Waals surface area contributed by atoms with Gasteiger partial charge in [-0.15, -0.1) is 0 Å². The van der Waals surface area contributed by atoms with E-state index in [1.54, 1.807) is 18.2 Å². The molecule has 0 bridgehead atoms. The number of methoxy groups -OCH3 is 1. The molecule has 0 aliphatic heterocycles. The maximum absolute atomic E-state index is 12.4. The molecule has 0 spiro atoms. The van der Waals surface area contributed by atoms with E-state index >= 15 is 0 Å². The van der Waals surface area contributed by atoms with Crippen molar-refractivity contribution < 1.29 is 9.53 Å². The van der Waals surface area contributed by atoms with E-state index in [0.717, 1.165) is 4.47 Å². The third-order valence-electron chi connectivity index (χ3n) is 2.67. The highest BCUT2D eigenvalue weighted by molar-refractivity contribution is 9.10. The Balaban J connectivity index is 2.48. The van der Waals surface area contributed by atoms with Gasteiger partial charge in [0, 0.05) is 21.7 Å². The van der Waals surface area contributed by atoms with E-state index in [2.05, 4.69) is 15.9 Å². The summed E-state index contributed by atoms with van der Waals surface area (Å²) in [6.07, 6.45) is 0. The molecular formula is C14H8BrCl3O2. The van der Waals surface area contributed by atoms with Crippen LogP contribution in [0.4, 0.5) is 0 Å². The van der Waals surface area contributed by atoms with Crippen molar-refractivity contribution in [2.75, 3.05) is 7.11 Å². The summed E-state index contributed by atoms with van der Waals surface area (Å²) in [6.45, 7) is 0. The molecule has 0 aromatic heterocycles. The first-order chi connectivity index (χ1) is 9.43. The zero-order valence-corrected chi connectivity index (χ0v) is 14.1. The van der Waals surface area contributed by atoms with Crippen LogP contribution in [0.25, 0.3) is 0 Å². The molecule has 2 rings (SSSR count). The molecule has 2 aromatic rings. The van der Waals surface area contributed by atoms with Gasteiger partial charge >= 0.3 is 0 Å². The fourth-order valence-corrected chi connectivity index (χ4v) is 2.56. The molecule has 2 nitrogen and oxygen atoms in total. The van der Waals surface area contributed by atoms with Crippen molar-refractivity contribution in [2.24, 2.45) is 0 Å². The molecule has 0 radical (unpaired) electrons. The summed E-state index contributed by atoms with van der Waals surface area (Å²) in [4.78, 5) is 12.4. The van der Waals surface area contributed by atoms with E-state index in [0.29, 0.717) is 26.9 Å². The molecule has 6 heteroatoms. The lowest BCUT2D eigenvalue weighted by Crippen LogP contribution is -2.03. The van der Waals surface area contributed by atoms with Crippen LogP contribution in [-0.2, 0) is 0 Å². The third kappa shape index (κ3) is 3.12. The zero-order chi connectivity index (χ0) is 14.9. The predicted octanol–water partition coefficient (Wildman–Crippen LogP) is 5.65. The van der Waals surface area contributed by atoms with Crippen LogP contribution >= 0.6 is 50.7 Å². The smallest absolute Gasteiger partial charge is 0.194 e. The van der Waals surface area contributed by atoms with Gasteiger partial charge in [-0.3, -0.25) is 4.79 Å². The van der Waals surface area contributed by atoms with Crippen molar-refractivity contribution in [1.82, 2.24) is 0 Å². The number of benzene rings is 2. The van der Waals surface area contributed by atoms with Crippen LogP contribution < -0.4 is 4.74 Å². The van der Waals surface area contributed by atoms with Gasteiger partial charge in [-0.05, 0) is 40.2 Å². The number of carbonyl (C=O) groups excluding carboxylic acids is 1. The highest BCUT2D eigenvalue weighted by atomic mass is 79.9. The minimum absolute atomic E-state index is 0.256. The second kappa shape index (κ2) is 6.35. The Bertz CT molecular complexity index is 686. The normalized spacial score (nSPS) is 10.4. The molecular weight excluding hydrogens is 386 g/mol. The standard InChI is InChI=1S/C14H8BrCl3O2/c1-20-13-6-10(16)8(5-12(13)18)14(19)7-2-3-9(15)11(17)4-7/h2-6H,1H3. The van der Waals surface area contributed by atoms with Crippen molar-refractivity contribution >= 4 is 56.5 Å². The van der Waals surface area contributed by atoms with Gasteiger partial charge in [0.25, 0.3) is 0 Å². The molecule has 0 amide bonds. The molecule has 104 valence electrons. The van der Waals surface area contributed by atoms with E-state index in [9.17, 15) is 4.79 Å². The number of hydrogen-bond acceptors (Lipinski definition) is 2. The molecule has 0 N–H and O–H groups in total. The number of ketones is 1. The quantitative estimate of drug-likeness (QED) is 0.629. The zero-order valence-electron chi connectivity index (χ0n) is 10.2. The SMILES string of the molecule is COc1cc(Cl)c(C(=O)c2ccc(Br)c(Cl)c2)cc1Cl. The fraction of sp³-hybridized carbons (Fsp3) is 0.0714. The molecule has 0 aliphatic rings. The molecule has 0 aliphatic carbocycles. The number of hydrogen-bond donors (Lipinski definition) is 0. The molecule has 20 heavy (non-hydrogen) atoms. The van der Waals surface area contributed by atoms with E-state index in [4.69, 9.17) is 39.5 Å². The van der Waals surface area contributed by atoms with Gasteiger partial charge in [0.15, 0.2) is 5.78 Å². The first-order valence-electron chi connectivity index (χ1n) is 5.47. The van der Waals surface area contributed by atoms with Crippen LogP contribution in [0.15, 0.2) is 34.8 Å². The van der Waals surface area contributed by atoms with Crippen molar-refractivity contribution in [3.05, 3.63) is 61.0 Å². The molecule has 0 unspecified atom stereocenters. The summed E-state index contributed by atoms with van der Waals surface area (Å²) in [5.41, 5.74) is 0.734. The molecule has 0 atom stereocenters. The van der Waals surface area contributed by atoms with Crippen molar-refractivity contribution in [2.45, 2.75) is 0 Å². The number of halogens is 4. The third-order valence-corrected chi connectivity index (χ3v) is 4.51. The summed E-state index contributed by atoms with van der Waals surface area (Å²) >= 11 is 21.4. The first-order valence-corrected chi connectivity index (χ1v) is 7.39. The summed E-state index contributed by atoms with van der Waals surface area (Å²) in [5.74, 6) is 0.163. The summed E-state index contributed by atoms with van der Waals surface area (Å²) in [5, 5.41) is 1.05. The Kier molecular flexibility index (Phi) is 4.97. The summed E-state index contributed by atoms with van der Waals surface area (Å²) in [7, 11) is 1.48. The monoisotopic (exact) mass is 392 g/mol. The molecule has 0 heterocycles. The fourth-order valence-electron chi connectivity index (χ4n) is 1.65. The van der Waals surface area contributed by atoms with Crippen LogP contribution in [0.5, 0.6) is 5.75 Å². The number of rotatable bonds is 3. The van der Waals surface area contributed by atoms with Gasteiger partial charge < -0.3 is 4.74 Å².